The molecule has 0 radical (unpaired) electrons. The van der Waals surface area contributed by atoms with Crippen LogP contribution in [0.15, 0.2) is 18.3 Å². The highest BCUT2D eigenvalue weighted by Crippen LogP contribution is 2.11. The van der Waals surface area contributed by atoms with Gasteiger partial charge in [0.05, 0.1) is 11.9 Å². The molecule has 0 spiro atoms. The largest absolute Gasteiger partial charge is 0.322 e. The molecule has 1 fully saturated rings. The Labute approximate surface area is 112 Å². The number of amides is 2. The van der Waals surface area contributed by atoms with Gasteiger partial charge in [-0.2, -0.15) is 0 Å². The standard InChI is InChI=1S/C12H17ClN4O/c1-2-16-5-7-17(8-6-16)12(18)15-10-3-4-11(13)14-9-10/h3-4,9H,2,5-8H2,1H3,(H,15,18). The molecule has 0 bridgehead atoms. The highest BCUT2D eigenvalue weighted by Gasteiger charge is 2.19. The molecular weight excluding hydrogens is 252 g/mol. The number of anilines is 1. The normalized spacial score (nSPS) is 16.7. The third kappa shape index (κ3) is 3.34. The van der Waals surface area contributed by atoms with Crippen LogP contribution >= 0.6 is 11.6 Å². The van der Waals surface area contributed by atoms with Gasteiger partial charge in [-0.15, -0.1) is 0 Å². The van der Waals surface area contributed by atoms with Crippen molar-refractivity contribution < 1.29 is 4.79 Å². The molecule has 98 valence electrons. The minimum absolute atomic E-state index is 0.0742. The Kier molecular flexibility index (Phi) is 4.38. The highest BCUT2D eigenvalue weighted by molar-refractivity contribution is 6.29. The second kappa shape index (κ2) is 6.02. The number of nitrogens with one attached hydrogen (secondary N) is 1. The molecule has 6 heteroatoms. The van der Waals surface area contributed by atoms with Gasteiger partial charge in [-0.1, -0.05) is 18.5 Å². The van der Waals surface area contributed by atoms with Gasteiger partial charge in [0, 0.05) is 26.2 Å². The van der Waals surface area contributed by atoms with Gasteiger partial charge in [-0.3, -0.25) is 0 Å². The lowest BCUT2D eigenvalue weighted by molar-refractivity contribution is 0.151. The van der Waals surface area contributed by atoms with Gasteiger partial charge < -0.3 is 15.1 Å². The quantitative estimate of drug-likeness (QED) is 0.834. The van der Waals surface area contributed by atoms with Gasteiger partial charge in [-0.05, 0) is 18.7 Å². The van der Waals surface area contributed by atoms with Crippen LogP contribution in [0.5, 0.6) is 0 Å². The molecule has 0 atom stereocenters. The first-order valence-electron chi connectivity index (χ1n) is 6.09. The number of carbonyl (C=O) groups is 1. The second-order valence-electron chi connectivity index (χ2n) is 4.22. The number of likely N-dealkylation sites (N-methyl/N-ethyl adjacent to an activating group) is 1. The maximum Gasteiger partial charge on any atom is 0.321 e. The molecule has 0 saturated carbocycles. The van der Waals surface area contributed by atoms with Crippen molar-refractivity contribution in [1.82, 2.24) is 14.8 Å². The van der Waals surface area contributed by atoms with Gasteiger partial charge in [0.1, 0.15) is 5.15 Å². The zero-order valence-corrected chi connectivity index (χ0v) is 11.2. The van der Waals surface area contributed by atoms with Crippen LogP contribution in [0.2, 0.25) is 5.15 Å². The van der Waals surface area contributed by atoms with E-state index in [0.717, 1.165) is 32.7 Å². The lowest BCUT2D eigenvalue weighted by Gasteiger charge is -2.33. The first-order chi connectivity index (χ1) is 8.69. The number of hydrogen-bond donors (Lipinski definition) is 1. The summed E-state index contributed by atoms with van der Waals surface area (Å²) in [6.45, 7) is 6.57. The van der Waals surface area contributed by atoms with Crippen molar-refractivity contribution in [1.29, 1.82) is 0 Å². The maximum absolute atomic E-state index is 12.0. The molecule has 2 heterocycles. The predicted molar refractivity (Wildman–Crippen MR) is 72.0 cm³/mol. The lowest BCUT2D eigenvalue weighted by Crippen LogP contribution is -2.49. The topological polar surface area (TPSA) is 48.5 Å². The molecule has 5 nitrogen and oxygen atoms in total. The van der Waals surface area contributed by atoms with E-state index in [4.69, 9.17) is 11.6 Å². The zero-order valence-electron chi connectivity index (χ0n) is 10.4. The zero-order chi connectivity index (χ0) is 13.0. The second-order valence-corrected chi connectivity index (χ2v) is 4.61. The Morgan fingerprint density at radius 3 is 2.67 bits per heavy atom. The van der Waals surface area contributed by atoms with E-state index in [9.17, 15) is 4.79 Å². The van der Waals surface area contributed by atoms with Crippen molar-refractivity contribution in [3.63, 3.8) is 0 Å². The summed E-state index contributed by atoms with van der Waals surface area (Å²) in [4.78, 5) is 20.1. The Morgan fingerprint density at radius 2 is 2.11 bits per heavy atom. The van der Waals surface area contributed by atoms with Gasteiger partial charge in [0.25, 0.3) is 0 Å². The summed E-state index contributed by atoms with van der Waals surface area (Å²) in [6.07, 6.45) is 1.56. The van der Waals surface area contributed by atoms with Crippen LogP contribution in [0.1, 0.15) is 6.92 Å². The van der Waals surface area contributed by atoms with Crippen molar-refractivity contribution in [3.8, 4) is 0 Å². The molecule has 1 saturated heterocycles. The van der Waals surface area contributed by atoms with Crippen LogP contribution < -0.4 is 5.32 Å². The summed E-state index contributed by atoms with van der Waals surface area (Å²) >= 11 is 5.69. The number of urea groups is 1. The molecule has 0 unspecified atom stereocenters. The van der Waals surface area contributed by atoms with Crippen molar-refractivity contribution in [2.24, 2.45) is 0 Å². The van der Waals surface area contributed by atoms with Gasteiger partial charge in [0.2, 0.25) is 0 Å². The minimum Gasteiger partial charge on any atom is -0.322 e. The molecule has 1 aliphatic rings. The van der Waals surface area contributed by atoms with E-state index in [-0.39, 0.29) is 6.03 Å². The molecule has 18 heavy (non-hydrogen) atoms. The molecule has 0 aliphatic carbocycles. The van der Waals surface area contributed by atoms with Crippen LogP contribution in [0.3, 0.4) is 0 Å². The first kappa shape index (κ1) is 13.1. The van der Waals surface area contributed by atoms with E-state index in [1.165, 1.54) is 0 Å². The van der Waals surface area contributed by atoms with E-state index in [0.29, 0.717) is 10.8 Å². The smallest absolute Gasteiger partial charge is 0.321 e. The summed E-state index contributed by atoms with van der Waals surface area (Å²) in [5.41, 5.74) is 0.669. The molecule has 2 rings (SSSR count). The Hall–Kier alpha value is -1.33. The number of carbonyl (C=O) groups excluding carboxylic acids is 1. The number of pyridine rings is 1. The fourth-order valence-corrected chi connectivity index (χ4v) is 2.03. The highest BCUT2D eigenvalue weighted by atomic mass is 35.5. The van der Waals surface area contributed by atoms with E-state index >= 15 is 0 Å². The molecular formula is C12H17ClN4O. The average molecular weight is 269 g/mol. The average Bonchev–Trinajstić information content (AvgIpc) is 2.41. The summed E-state index contributed by atoms with van der Waals surface area (Å²) in [5.74, 6) is 0. The number of hydrogen-bond acceptors (Lipinski definition) is 3. The first-order valence-corrected chi connectivity index (χ1v) is 6.46. The van der Waals surface area contributed by atoms with Crippen molar-refractivity contribution in [2.75, 3.05) is 38.0 Å². The third-order valence-corrected chi connectivity index (χ3v) is 3.31. The lowest BCUT2D eigenvalue weighted by atomic mass is 10.3. The molecule has 1 aliphatic heterocycles. The number of piperazine rings is 1. The number of aromatic nitrogens is 1. The molecule has 2 amide bonds. The summed E-state index contributed by atoms with van der Waals surface area (Å²) in [6, 6.07) is 3.33. The summed E-state index contributed by atoms with van der Waals surface area (Å²) in [5, 5.41) is 3.24. The van der Waals surface area contributed by atoms with Crippen LogP contribution in [0.25, 0.3) is 0 Å². The van der Waals surface area contributed by atoms with Crippen LogP contribution in [-0.4, -0.2) is 53.5 Å². The SMILES string of the molecule is CCN1CCN(C(=O)Nc2ccc(Cl)nc2)CC1. The summed E-state index contributed by atoms with van der Waals surface area (Å²) < 4.78 is 0. The van der Waals surface area contributed by atoms with E-state index in [1.807, 2.05) is 4.90 Å². The molecule has 1 aromatic heterocycles. The number of halogens is 1. The van der Waals surface area contributed by atoms with E-state index < -0.39 is 0 Å². The number of rotatable bonds is 2. The number of nitrogens with zero attached hydrogens (tertiary/aromatic N) is 3. The van der Waals surface area contributed by atoms with Crippen molar-refractivity contribution in [3.05, 3.63) is 23.5 Å². The molecule has 0 aromatic carbocycles. The van der Waals surface area contributed by atoms with Crippen molar-refractivity contribution >= 4 is 23.3 Å². The monoisotopic (exact) mass is 268 g/mol. The predicted octanol–water partition coefficient (Wildman–Crippen LogP) is 1.90. The van der Waals surface area contributed by atoms with E-state index in [1.54, 1.807) is 18.3 Å². The van der Waals surface area contributed by atoms with Gasteiger partial charge >= 0.3 is 6.03 Å². The Balaban J connectivity index is 1.87. The molecule has 1 N–H and O–H groups in total. The van der Waals surface area contributed by atoms with Crippen LogP contribution in [0.4, 0.5) is 10.5 Å². The molecule has 1 aromatic rings. The Morgan fingerprint density at radius 1 is 1.39 bits per heavy atom. The maximum atomic E-state index is 12.0. The fourth-order valence-electron chi connectivity index (χ4n) is 1.92. The van der Waals surface area contributed by atoms with E-state index in [2.05, 4.69) is 22.1 Å². The third-order valence-electron chi connectivity index (χ3n) is 3.09. The fraction of sp³-hybridized carbons (Fsp3) is 0.500. The van der Waals surface area contributed by atoms with Gasteiger partial charge in [0.15, 0.2) is 0 Å². The van der Waals surface area contributed by atoms with Crippen molar-refractivity contribution in [2.45, 2.75) is 6.92 Å². The minimum atomic E-state index is -0.0742. The summed E-state index contributed by atoms with van der Waals surface area (Å²) in [7, 11) is 0. The Bertz CT molecular complexity index is 401. The van der Waals surface area contributed by atoms with Crippen LogP contribution in [-0.2, 0) is 0 Å². The van der Waals surface area contributed by atoms with Crippen LogP contribution in [0, 0.1) is 0 Å². The van der Waals surface area contributed by atoms with Gasteiger partial charge in [-0.25, -0.2) is 9.78 Å².